The van der Waals surface area contributed by atoms with E-state index < -0.39 is 15.6 Å². The van der Waals surface area contributed by atoms with Crippen LogP contribution in [0.2, 0.25) is 0 Å². The Labute approximate surface area is 114 Å². The molecule has 1 heterocycles. The molecule has 0 unspecified atom stereocenters. The minimum atomic E-state index is -3.27. The Morgan fingerprint density at radius 1 is 1.42 bits per heavy atom. The average Bonchev–Trinajstić information content (AvgIpc) is 2.24. The summed E-state index contributed by atoms with van der Waals surface area (Å²) in [6.45, 7) is 3.87. The van der Waals surface area contributed by atoms with Crippen LogP contribution in [0.1, 0.15) is 31.9 Å². The van der Waals surface area contributed by atoms with E-state index in [1.54, 1.807) is 19.2 Å². The van der Waals surface area contributed by atoms with Gasteiger partial charge in [0, 0.05) is 18.1 Å². The molecule has 0 fully saturated rings. The second kappa shape index (κ2) is 4.68. The lowest BCUT2D eigenvalue weighted by Crippen LogP contribution is -2.41. The zero-order valence-electron chi connectivity index (χ0n) is 11.6. The molecular weight excluding hydrogens is 266 g/mol. The summed E-state index contributed by atoms with van der Waals surface area (Å²) in [4.78, 5) is 0. The number of benzene rings is 1. The van der Waals surface area contributed by atoms with E-state index in [2.05, 4.69) is 4.72 Å². The highest BCUT2D eigenvalue weighted by molar-refractivity contribution is 7.88. The van der Waals surface area contributed by atoms with Crippen LogP contribution in [-0.2, 0) is 10.0 Å². The van der Waals surface area contributed by atoms with E-state index in [4.69, 9.17) is 9.47 Å². The van der Waals surface area contributed by atoms with Gasteiger partial charge in [0.25, 0.3) is 0 Å². The Balaban J connectivity index is 2.43. The lowest BCUT2D eigenvalue weighted by molar-refractivity contribution is 0.0699. The van der Waals surface area contributed by atoms with Gasteiger partial charge in [0.15, 0.2) is 0 Å². The van der Waals surface area contributed by atoms with Crippen LogP contribution in [0.4, 0.5) is 0 Å². The van der Waals surface area contributed by atoms with Gasteiger partial charge in [-0.3, -0.25) is 0 Å². The van der Waals surface area contributed by atoms with E-state index in [9.17, 15) is 8.42 Å². The fourth-order valence-electron chi connectivity index (χ4n) is 2.32. The minimum Gasteiger partial charge on any atom is -0.497 e. The van der Waals surface area contributed by atoms with Crippen molar-refractivity contribution in [1.29, 1.82) is 0 Å². The van der Waals surface area contributed by atoms with Gasteiger partial charge in [0.2, 0.25) is 10.0 Å². The van der Waals surface area contributed by atoms with Gasteiger partial charge in [-0.05, 0) is 19.9 Å². The first-order valence-electron chi connectivity index (χ1n) is 6.04. The highest BCUT2D eigenvalue weighted by Gasteiger charge is 2.35. The molecule has 1 N–H and O–H groups in total. The van der Waals surface area contributed by atoms with Gasteiger partial charge in [-0.2, -0.15) is 0 Å². The molecule has 6 heteroatoms. The van der Waals surface area contributed by atoms with Crippen molar-refractivity contribution < 1.29 is 17.9 Å². The Morgan fingerprint density at radius 2 is 2.11 bits per heavy atom. The Kier molecular flexibility index (Phi) is 3.49. The Hall–Kier alpha value is -1.27. The molecule has 5 nitrogen and oxygen atoms in total. The number of methoxy groups -OCH3 is 1. The van der Waals surface area contributed by atoms with E-state index in [-0.39, 0.29) is 6.04 Å². The maximum absolute atomic E-state index is 11.5. The third kappa shape index (κ3) is 3.39. The predicted molar refractivity (Wildman–Crippen MR) is 73.0 cm³/mol. The Bertz CT molecular complexity index is 580. The van der Waals surface area contributed by atoms with Crippen molar-refractivity contribution in [2.45, 2.75) is 31.9 Å². The van der Waals surface area contributed by atoms with E-state index >= 15 is 0 Å². The van der Waals surface area contributed by atoms with Crippen LogP contribution in [0.15, 0.2) is 18.2 Å². The topological polar surface area (TPSA) is 64.6 Å². The number of hydrogen-bond donors (Lipinski definition) is 1. The van der Waals surface area contributed by atoms with Crippen LogP contribution in [0, 0.1) is 0 Å². The molecule has 1 atom stereocenters. The van der Waals surface area contributed by atoms with E-state index in [1.807, 2.05) is 19.9 Å². The molecule has 0 spiro atoms. The molecule has 0 amide bonds. The molecule has 0 saturated heterocycles. The fraction of sp³-hybridized carbons (Fsp3) is 0.538. The predicted octanol–water partition coefficient (Wildman–Crippen LogP) is 1.85. The van der Waals surface area contributed by atoms with Crippen LogP contribution in [-0.4, -0.2) is 27.4 Å². The summed E-state index contributed by atoms with van der Waals surface area (Å²) >= 11 is 0. The largest absolute Gasteiger partial charge is 0.497 e. The van der Waals surface area contributed by atoms with Crippen LogP contribution in [0.25, 0.3) is 0 Å². The van der Waals surface area contributed by atoms with Gasteiger partial charge in [-0.15, -0.1) is 0 Å². The van der Waals surface area contributed by atoms with Crippen LogP contribution < -0.4 is 14.2 Å². The normalized spacial score (nSPS) is 21.4. The van der Waals surface area contributed by atoms with Gasteiger partial charge in [-0.1, -0.05) is 6.07 Å². The molecule has 0 radical (unpaired) electrons. The molecule has 1 aromatic rings. The SMILES string of the molecule is COc1ccc2c(c1)OC(C)(C)C[C@@H]2NS(C)(=O)=O. The summed E-state index contributed by atoms with van der Waals surface area (Å²) in [5, 5.41) is 0. The second-order valence-electron chi connectivity index (χ2n) is 5.41. The molecule has 0 aromatic heterocycles. The third-order valence-electron chi connectivity index (χ3n) is 3.03. The van der Waals surface area contributed by atoms with Crippen molar-refractivity contribution in [3.05, 3.63) is 23.8 Å². The summed E-state index contributed by atoms with van der Waals surface area (Å²) in [5.41, 5.74) is 0.410. The van der Waals surface area contributed by atoms with Crippen molar-refractivity contribution in [2.75, 3.05) is 13.4 Å². The lowest BCUT2D eigenvalue weighted by Gasteiger charge is -2.37. The first-order chi connectivity index (χ1) is 8.70. The maximum atomic E-state index is 11.5. The molecular formula is C13H19NO4S. The van der Waals surface area contributed by atoms with E-state index in [0.717, 1.165) is 5.56 Å². The third-order valence-corrected chi connectivity index (χ3v) is 3.75. The maximum Gasteiger partial charge on any atom is 0.209 e. The van der Waals surface area contributed by atoms with E-state index in [1.165, 1.54) is 6.26 Å². The zero-order chi connectivity index (χ0) is 14.3. The molecule has 2 rings (SSSR count). The number of nitrogens with one attached hydrogen (secondary N) is 1. The van der Waals surface area contributed by atoms with Crippen molar-refractivity contribution >= 4 is 10.0 Å². The lowest BCUT2D eigenvalue weighted by atomic mass is 9.90. The summed E-state index contributed by atoms with van der Waals surface area (Å²) in [6.07, 6.45) is 1.75. The minimum absolute atomic E-state index is 0.278. The van der Waals surface area contributed by atoms with Crippen molar-refractivity contribution in [2.24, 2.45) is 0 Å². The second-order valence-corrected chi connectivity index (χ2v) is 7.19. The average molecular weight is 285 g/mol. The van der Waals surface area contributed by atoms with Crippen LogP contribution in [0.3, 0.4) is 0 Å². The molecule has 1 aliphatic heterocycles. The molecule has 0 saturated carbocycles. The fourth-order valence-corrected chi connectivity index (χ4v) is 3.05. The number of sulfonamides is 1. The summed E-state index contributed by atoms with van der Waals surface area (Å²) < 4.78 is 36.6. The van der Waals surface area contributed by atoms with Crippen molar-refractivity contribution in [3.63, 3.8) is 0 Å². The molecule has 106 valence electrons. The van der Waals surface area contributed by atoms with Gasteiger partial charge in [0.05, 0.1) is 19.4 Å². The van der Waals surface area contributed by atoms with Crippen molar-refractivity contribution in [3.8, 4) is 11.5 Å². The first kappa shape index (κ1) is 14.1. The first-order valence-corrected chi connectivity index (χ1v) is 7.93. The number of fused-ring (bicyclic) bond motifs is 1. The van der Waals surface area contributed by atoms with Gasteiger partial charge in [0.1, 0.15) is 17.1 Å². The number of hydrogen-bond acceptors (Lipinski definition) is 4. The van der Waals surface area contributed by atoms with Gasteiger partial charge < -0.3 is 9.47 Å². The molecule has 1 aliphatic rings. The number of ether oxygens (including phenoxy) is 2. The standard InChI is InChI=1S/C13H19NO4S/c1-13(2)8-11(14-19(4,15)16)10-6-5-9(17-3)7-12(10)18-13/h5-7,11,14H,8H2,1-4H3/t11-/m0/s1. The van der Waals surface area contributed by atoms with E-state index in [0.29, 0.717) is 17.9 Å². The van der Waals surface area contributed by atoms with Crippen LogP contribution in [0.5, 0.6) is 11.5 Å². The van der Waals surface area contributed by atoms with Gasteiger partial charge in [-0.25, -0.2) is 13.1 Å². The monoisotopic (exact) mass is 285 g/mol. The summed E-state index contributed by atoms with van der Waals surface area (Å²) in [5.74, 6) is 1.35. The highest BCUT2D eigenvalue weighted by atomic mass is 32.2. The molecule has 0 bridgehead atoms. The van der Waals surface area contributed by atoms with Crippen molar-refractivity contribution in [1.82, 2.24) is 4.72 Å². The smallest absolute Gasteiger partial charge is 0.209 e. The molecule has 0 aliphatic carbocycles. The number of rotatable bonds is 3. The van der Waals surface area contributed by atoms with Crippen LogP contribution >= 0.6 is 0 Å². The zero-order valence-corrected chi connectivity index (χ0v) is 12.4. The summed E-state index contributed by atoms with van der Waals surface area (Å²) in [7, 11) is -1.68. The van der Waals surface area contributed by atoms with Gasteiger partial charge >= 0.3 is 0 Å². The molecule has 1 aromatic carbocycles. The quantitative estimate of drug-likeness (QED) is 0.920. The highest BCUT2D eigenvalue weighted by Crippen LogP contribution is 2.41. The molecule has 19 heavy (non-hydrogen) atoms. The Morgan fingerprint density at radius 3 is 2.68 bits per heavy atom. The summed E-state index contributed by atoms with van der Waals surface area (Å²) in [6, 6.07) is 5.15.